The number of ether oxygens (including phenoxy) is 3. The molecule has 3 heterocycles. The van der Waals surface area contributed by atoms with Crippen LogP contribution in [0.1, 0.15) is 57.0 Å². The minimum absolute atomic E-state index is 0.0680. The zero-order chi connectivity index (χ0) is 26.6. The molecule has 0 aliphatic carbocycles. The Morgan fingerprint density at radius 2 is 1.73 bits per heavy atom. The third kappa shape index (κ3) is 4.85. The van der Waals surface area contributed by atoms with Crippen molar-refractivity contribution in [3.8, 4) is 11.5 Å². The summed E-state index contributed by atoms with van der Waals surface area (Å²) in [6, 6.07) is 8.62. The molecule has 2 aromatic rings. The lowest BCUT2D eigenvalue weighted by atomic mass is 9.72. The van der Waals surface area contributed by atoms with Crippen LogP contribution in [0, 0.1) is 12.7 Å². The van der Waals surface area contributed by atoms with Gasteiger partial charge in [-0.15, -0.1) is 0 Å². The number of rotatable bonds is 5. The molecule has 2 fully saturated rings. The highest BCUT2D eigenvalue weighted by molar-refractivity contribution is 6.64. The first kappa shape index (κ1) is 26.0. The van der Waals surface area contributed by atoms with E-state index in [0.29, 0.717) is 41.3 Å². The smallest absolute Gasteiger partial charge is 0.489 e. The van der Waals surface area contributed by atoms with Gasteiger partial charge in [-0.25, -0.2) is 4.39 Å². The Morgan fingerprint density at radius 3 is 2.41 bits per heavy atom. The molecule has 2 aromatic carbocycles. The van der Waals surface area contributed by atoms with Crippen LogP contribution >= 0.6 is 0 Å². The molecule has 0 bridgehead atoms. The standard InChI is InChI=1S/C28H35BFNO6/c1-18-21(30)8-7-9-23(18)34-17-28(6)16-22(32)25-20(29-36-26(2,3)27(4,5)37-29)14-19(15-24(25)35-28)31-10-12-33-13-11-31/h7-9,14-15H,10-13,16-17H2,1-6H3. The molecule has 0 aromatic heterocycles. The number of anilines is 1. The summed E-state index contributed by atoms with van der Waals surface area (Å²) < 4.78 is 44.7. The highest BCUT2D eigenvalue weighted by Gasteiger charge is 2.53. The number of fused-ring (bicyclic) bond motifs is 1. The van der Waals surface area contributed by atoms with Crippen LogP contribution in [0.15, 0.2) is 30.3 Å². The van der Waals surface area contributed by atoms with E-state index in [1.54, 1.807) is 19.1 Å². The largest absolute Gasteiger partial charge is 0.495 e. The predicted octanol–water partition coefficient (Wildman–Crippen LogP) is 4.07. The van der Waals surface area contributed by atoms with E-state index in [4.69, 9.17) is 23.5 Å². The number of Topliss-reactive ketones (excluding diaryl/α,β-unsaturated/α-hetero) is 1. The van der Waals surface area contributed by atoms with Crippen molar-refractivity contribution in [2.75, 3.05) is 37.8 Å². The van der Waals surface area contributed by atoms with E-state index in [1.807, 2.05) is 46.8 Å². The Kier molecular flexibility index (Phi) is 6.53. The molecule has 9 heteroatoms. The molecule has 0 radical (unpaired) electrons. The van der Waals surface area contributed by atoms with Gasteiger partial charge in [0.25, 0.3) is 0 Å². The molecule has 37 heavy (non-hydrogen) atoms. The van der Waals surface area contributed by atoms with Crippen LogP contribution < -0.4 is 19.8 Å². The lowest BCUT2D eigenvalue weighted by Gasteiger charge is -2.37. The van der Waals surface area contributed by atoms with E-state index in [9.17, 15) is 9.18 Å². The maximum Gasteiger partial charge on any atom is 0.495 e. The molecular formula is C28H35BFNO6. The number of halogens is 1. The Morgan fingerprint density at radius 1 is 1.05 bits per heavy atom. The quantitative estimate of drug-likeness (QED) is 0.561. The van der Waals surface area contributed by atoms with E-state index >= 15 is 0 Å². The summed E-state index contributed by atoms with van der Waals surface area (Å²) in [4.78, 5) is 15.9. The maximum absolute atomic E-state index is 14.0. The number of hydrogen-bond donors (Lipinski definition) is 0. The maximum atomic E-state index is 14.0. The average Bonchev–Trinajstić information content (AvgIpc) is 3.06. The van der Waals surface area contributed by atoms with Crippen molar-refractivity contribution in [3.63, 3.8) is 0 Å². The second-order valence-electron chi connectivity index (χ2n) is 11.4. The van der Waals surface area contributed by atoms with Gasteiger partial charge >= 0.3 is 7.12 Å². The highest BCUT2D eigenvalue weighted by Crippen LogP contribution is 2.40. The van der Waals surface area contributed by atoms with Gasteiger partial charge < -0.3 is 28.4 Å². The first-order valence-electron chi connectivity index (χ1n) is 12.9. The molecular weight excluding hydrogens is 476 g/mol. The summed E-state index contributed by atoms with van der Waals surface area (Å²) in [5.74, 6) is 0.507. The molecule has 3 aliphatic heterocycles. The van der Waals surface area contributed by atoms with Gasteiger partial charge in [0.2, 0.25) is 0 Å². The molecule has 0 spiro atoms. The second kappa shape index (κ2) is 9.29. The van der Waals surface area contributed by atoms with Crippen LogP contribution in [0.25, 0.3) is 0 Å². The van der Waals surface area contributed by atoms with Crippen LogP contribution in [-0.4, -0.2) is 62.6 Å². The normalized spacial score (nSPS) is 24.6. The number of nitrogens with zero attached hydrogens (tertiary/aromatic N) is 1. The first-order valence-corrected chi connectivity index (χ1v) is 12.9. The number of benzene rings is 2. The molecule has 198 valence electrons. The Bertz CT molecular complexity index is 1200. The Labute approximate surface area is 218 Å². The molecule has 5 rings (SSSR count). The molecule has 7 nitrogen and oxygen atoms in total. The van der Waals surface area contributed by atoms with Crippen LogP contribution in [-0.2, 0) is 14.0 Å². The third-order valence-electron chi connectivity index (χ3n) is 7.92. The van der Waals surface area contributed by atoms with Gasteiger partial charge in [-0.1, -0.05) is 6.07 Å². The van der Waals surface area contributed by atoms with Crippen LogP contribution in [0.2, 0.25) is 0 Å². The van der Waals surface area contributed by atoms with Crippen molar-refractivity contribution in [2.24, 2.45) is 0 Å². The Hall–Kier alpha value is -2.62. The zero-order valence-electron chi connectivity index (χ0n) is 22.5. The summed E-state index contributed by atoms with van der Waals surface area (Å²) in [6.07, 6.45) is 0.109. The minimum Gasteiger partial charge on any atom is -0.489 e. The average molecular weight is 511 g/mol. The zero-order valence-corrected chi connectivity index (χ0v) is 22.5. The second-order valence-corrected chi connectivity index (χ2v) is 11.4. The van der Waals surface area contributed by atoms with Gasteiger partial charge in [-0.3, -0.25) is 4.79 Å². The fourth-order valence-corrected chi connectivity index (χ4v) is 4.95. The minimum atomic E-state index is -0.931. The fourth-order valence-electron chi connectivity index (χ4n) is 4.95. The van der Waals surface area contributed by atoms with E-state index < -0.39 is 23.9 Å². The molecule has 0 N–H and O–H groups in total. The molecule has 1 atom stereocenters. The summed E-state index contributed by atoms with van der Waals surface area (Å²) in [6.45, 7) is 14.3. The van der Waals surface area contributed by atoms with Crippen molar-refractivity contribution in [2.45, 2.75) is 64.8 Å². The molecule has 1 unspecified atom stereocenters. The number of carbonyl (C=O) groups excluding carboxylic acids is 1. The molecule has 2 saturated heterocycles. The van der Waals surface area contributed by atoms with E-state index in [1.165, 1.54) is 6.07 Å². The summed E-state index contributed by atoms with van der Waals surface area (Å²) in [5.41, 5.74) is 0.463. The summed E-state index contributed by atoms with van der Waals surface area (Å²) >= 11 is 0. The molecule has 0 saturated carbocycles. The Balaban J connectivity index is 1.50. The molecule has 0 amide bonds. The van der Waals surface area contributed by atoms with Crippen LogP contribution in [0.4, 0.5) is 10.1 Å². The lowest BCUT2D eigenvalue weighted by molar-refractivity contribution is 0.00578. The van der Waals surface area contributed by atoms with Gasteiger partial charge in [0.15, 0.2) is 5.78 Å². The predicted molar refractivity (Wildman–Crippen MR) is 140 cm³/mol. The molecule has 3 aliphatic rings. The topological polar surface area (TPSA) is 66.5 Å². The van der Waals surface area contributed by atoms with E-state index in [0.717, 1.165) is 18.8 Å². The summed E-state index contributed by atoms with van der Waals surface area (Å²) in [5, 5.41) is 0. The number of ketones is 1. The van der Waals surface area contributed by atoms with Crippen molar-refractivity contribution < 1.29 is 32.7 Å². The fraction of sp³-hybridized carbons (Fsp3) is 0.536. The SMILES string of the molecule is Cc1c(F)cccc1OCC1(C)CC(=O)c2c(cc(N3CCOCC3)cc2B2OC(C)(C)C(C)(C)O2)O1. The number of hydrogen-bond acceptors (Lipinski definition) is 7. The summed E-state index contributed by atoms with van der Waals surface area (Å²) in [7, 11) is -0.706. The van der Waals surface area contributed by atoms with Gasteiger partial charge in [0.1, 0.15) is 29.5 Å². The lowest BCUT2D eigenvalue weighted by Crippen LogP contribution is -2.48. The van der Waals surface area contributed by atoms with Crippen LogP contribution in [0.3, 0.4) is 0 Å². The van der Waals surface area contributed by atoms with Gasteiger partial charge in [-0.2, -0.15) is 0 Å². The van der Waals surface area contributed by atoms with Gasteiger partial charge in [0, 0.05) is 30.4 Å². The van der Waals surface area contributed by atoms with Crippen LogP contribution in [0.5, 0.6) is 11.5 Å². The third-order valence-corrected chi connectivity index (χ3v) is 7.92. The van der Waals surface area contributed by atoms with E-state index in [2.05, 4.69) is 4.90 Å². The van der Waals surface area contributed by atoms with E-state index in [-0.39, 0.29) is 24.6 Å². The van der Waals surface area contributed by atoms with Gasteiger partial charge in [0.05, 0.1) is 36.4 Å². The van der Waals surface area contributed by atoms with Crippen molar-refractivity contribution in [1.82, 2.24) is 0 Å². The van der Waals surface area contributed by atoms with Crippen molar-refractivity contribution in [3.05, 3.63) is 47.3 Å². The van der Waals surface area contributed by atoms with Gasteiger partial charge in [-0.05, 0) is 65.2 Å². The van der Waals surface area contributed by atoms with Crippen molar-refractivity contribution >= 4 is 24.1 Å². The van der Waals surface area contributed by atoms with Crippen molar-refractivity contribution in [1.29, 1.82) is 0 Å². The highest BCUT2D eigenvalue weighted by atomic mass is 19.1. The number of carbonyl (C=O) groups is 1. The number of morpholine rings is 1. The monoisotopic (exact) mass is 511 g/mol. The first-order chi connectivity index (χ1) is 17.4.